The van der Waals surface area contributed by atoms with Crippen molar-refractivity contribution in [1.82, 2.24) is 5.32 Å². The van der Waals surface area contributed by atoms with E-state index in [4.69, 9.17) is 10.8 Å². The lowest BCUT2D eigenvalue weighted by Gasteiger charge is -2.28. The van der Waals surface area contributed by atoms with Gasteiger partial charge in [-0.15, -0.1) is 0 Å². The minimum absolute atomic E-state index is 0.133. The highest BCUT2D eigenvalue weighted by Gasteiger charge is 2.29. The van der Waals surface area contributed by atoms with Gasteiger partial charge in [-0.05, 0) is 19.4 Å². The number of hydrogen-bond acceptors (Lipinski definition) is 3. The highest BCUT2D eigenvalue weighted by atomic mass is 16.4. The Balaban J connectivity index is 2.70. The Kier molecular flexibility index (Phi) is 5.27. The number of nitrogens with one attached hydrogen (secondary N) is 1. The van der Waals surface area contributed by atoms with Gasteiger partial charge in [0, 0.05) is 11.6 Å². The van der Waals surface area contributed by atoms with Gasteiger partial charge in [0.15, 0.2) is 0 Å². The van der Waals surface area contributed by atoms with Crippen LogP contribution in [0.5, 0.6) is 0 Å². The zero-order valence-electron chi connectivity index (χ0n) is 12.1. The maximum Gasteiger partial charge on any atom is 0.305 e. The molecule has 0 radical (unpaired) electrons. The molecule has 4 N–H and O–H groups in total. The summed E-state index contributed by atoms with van der Waals surface area (Å²) in [5, 5.41) is 11.6. The summed E-state index contributed by atoms with van der Waals surface area (Å²) in [4.78, 5) is 22.9. The van der Waals surface area contributed by atoms with E-state index in [-0.39, 0.29) is 12.3 Å². The SMILES string of the molecule is CC(C(=O)NC(C)(C)CC(=O)O)C(N)c1ccccc1. The van der Waals surface area contributed by atoms with Crippen molar-refractivity contribution < 1.29 is 14.7 Å². The van der Waals surface area contributed by atoms with E-state index >= 15 is 0 Å². The molecule has 0 fully saturated rings. The van der Waals surface area contributed by atoms with Gasteiger partial charge in [-0.25, -0.2) is 0 Å². The predicted molar refractivity (Wildman–Crippen MR) is 77.0 cm³/mol. The third-order valence-corrected chi connectivity index (χ3v) is 3.19. The van der Waals surface area contributed by atoms with E-state index in [1.54, 1.807) is 20.8 Å². The average Bonchev–Trinajstić information content (AvgIpc) is 2.35. The molecule has 20 heavy (non-hydrogen) atoms. The van der Waals surface area contributed by atoms with Gasteiger partial charge < -0.3 is 16.2 Å². The second-order valence-corrected chi connectivity index (χ2v) is 5.67. The van der Waals surface area contributed by atoms with Crippen LogP contribution < -0.4 is 11.1 Å². The molecule has 0 spiro atoms. The van der Waals surface area contributed by atoms with Gasteiger partial charge in [0.1, 0.15) is 0 Å². The molecular formula is C15H22N2O3. The lowest BCUT2D eigenvalue weighted by molar-refractivity contribution is -0.139. The van der Waals surface area contributed by atoms with Crippen molar-refractivity contribution in [3.8, 4) is 0 Å². The molecule has 110 valence electrons. The Morgan fingerprint density at radius 2 is 1.85 bits per heavy atom. The molecule has 0 aliphatic rings. The molecule has 2 unspecified atom stereocenters. The molecule has 2 atom stereocenters. The van der Waals surface area contributed by atoms with Crippen molar-refractivity contribution in [2.45, 2.75) is 38.8 Å². The van der Waals surface area contributed by atoms with Gasteiger partial charge in [0.25, 0.3) is 0 Å². The van der Waals surface area contributed by atoms with E-state index in [2.05, 4.69) is 5.32 Å². The molecule has 0 aliphatic carbocycles. The highest BCUT2D eigenvalue weighted by molar-refractivity contribution is 5.81. The minimum atomic E-state index is -0.949. The number of aliphatic carboxylic acids is 1. The Bertz CT molecular complexity index is 471. The standard InChI is InChI=1S/C15H22N2O3/c1-10(13(16)11-7-5-4-6-8-11)14(20)17-15(2,3)9-12(18)19/h4-8,10,13H,9,16H2,1-3H3,(H,17,20)(H,18,19). The Morgan fingerprint density at radius 3 is 2.35 bits per heavy atom. The number of amides is 1. The number of carbonyl (C=O) groups excluding carboxylic acids is 1. The number of nitrogens with two attached hydrogens (primary N) is 1. The van der Waals surface area contributed by atoms with Gasteiger partial charge in [-0.2, -0.15) is 0 Å². The van der Waals surface area contributed by atoms with Crippen LogP contribution in [0.3, 0.4) is 0 Å². The molecule has 5 nitrogen and oxygen atoms in total. The maximum absolute atomic E-state index is 12.2. The minimum Gasteiger partial charge on any atom is -0.481 e. The van der Waals surface area contributed by atoms with E-state index in [1.807, 2.05) is 30.3 Å². The van der Waals surface area contributed by atoms with E-state index in [0.29, 0.717) is 0 Å². The summed E-state index contributed by atoms with van der Waals surface area (Å²) in [6.45, 7) is 5.10. The van der Waals surface area contributed by atoms with Crippen LogP contribution in [0.2, 0.25) is 0 Å². The van der Waals surface area contributed by atoms with Crippen LogP contribution in [0.1, 0.15) is 38.8 Å². The third-order valence-electron chi connectivity index (χ3n) is 3.19. The molecule has 1 amide bonds. The fourth-order valence-corrected chi connectivity index (χ4v) is 2.00. The van der Waals surface area contributed by atoms with Crippen molar-refractivity contribution in [3.63, 3.8) is 0 Å². The van der Waals surface area contributed by atoms with Gasteiger partial charge in [0.05, 0.1) is 12.3 Å². The molecule has 0 saturated heterocycles. The first kappa shape index (κ1) is 16.2. The van der Waals surface area contributed by atoms with Crippen LogP contribution in [0.15, 0.2) is 30.3 Å². The summed E-state index contributed by atoms with van der Waals surface area (Å²) in [7, 11) is 0. The predicted octanol–water partition coefficient (Wildman–Crippen LogP) is 1.69. The molecule has 0 aromatic heterocycles. The van der Waals surface area contributed by atoms with Crippen LogP contribution in [0, 0.1) is 5.92 Å². The van der Waals surface area contributed by atoms with Crippen LogP contribution >= 0.6 is 0 Å². The Morgan fingerprint density at radius 1 is 1.30 bits per heavy atom. The summed E-state index contributed by atoms with van der Waals surface area (Å²) in [5.74, 6) is -1.63. The van der Waals surface area contributed by atoms with Gasteiger partial charge >= 0.3 is 5.97 Å². The van der Waals surface area contributed by atoms with Crippen LogP contribution in [0.25, 0.3) is 0 Å². The third kappa shape index (κ3) is 4.66. The van der Waals surface area contributed by atoms with Crippen molar-refractivity contribution in [1.29, 1.82) is 0 Å². The maximum atomic E-state index is 12.2. The zero-order chi connectivity index (χ0) is 15.3. The largest absolute Gasteiger partial charge is 0.481 e. The topological polar surface area (TPSA) is 92.4 Å². The van der Waals surface area contributed by atoms with Crippen LogP contribution in [0.4, 0.5) is 0 Å². The van der Waals surface area contributed by atoms with Gasteiger partial charge in [-0.1, -0.05) is 37.3 Å². The van der Waals surface area contributed by atoms with Gasteiger partial charge in [0.2, 0.25) is 5.91 Å². The number of carboxylic acid groups (broad SMARTS) is 1. The molecule has 0 bridgehead atoms. The number of carbonyl (C=O) groups is 2. The molecule has 5 heteroatoms. The summed E-state index contributed by atoms with van der Waals surface area (Å²) >= 11 is 0. The molecular weight excluding hydrogens is 256 g/mol. The van der Waals surface area contributed by atoms with Crippen molar-refractivity contribution in [3.05, 3.63) is 35.9 Å². The fourth-order valence-electron chi connectivity index (χ4n) is 2.00. The highest BCUT2D eigenvalue weighted by Crippen LogP contribution is 2.20. The summed E-state index contributed by atoms with van der Waals surface area (Å²) in [6.07, 6.45) is -0.133. The summed E-state index contributed by atoms with van der Waals surface area (Å²) in [6, 6.07) is 8.95. The first-order valence-corrected chi connectivity index (χ1v) is 6.57. The van der Waals surface area contributed by atoms with E-state index in [0.717, 1.165) is 5.56 Å². The molecule has 0 heterocycles. The first-order chi connectivity index (χ1) is 9.23. The molecule has 1 rings (SSSR count). The normalized spacial score (nSPS) is 14.4. The van der Waals surface area contributed by atoms with E-state index in [9.17, 15) is 9.59 Å². The van der Waals surface area contributed by atoms with E-state index < -0.39 is 23.5 Å². The number of rotatable bonds is 6. The smallest absolute Gasteiger partial charge is 0.305 e. The number of carboxylic acids is 1. The lowest BCUT2D eigenvalue weighted by Crippen LogP contribution is -2.48. The second kappa shape index (κ2) is 6.52. The summed E-state index contributed by atoms with van der Waals surface area (Å²) < 4.78 is 0. The van der Waals surface area contributed by atoms with Crippen molar-refractivity contribution in [2.24, 2.45) is 11.7 Å². The number of hydrogen-bond donors (Lipinski definition) is 3. The Hall–Kier alpha value is -1.88. The first-order valence-electron chi connectivity index (χ1n) is 6.57. The second-order valence-electron chi connectivity index (χ2n) is 5.67. The monoisotopic (exact) mass is 278 g/mol. The Labute approximate surface area is 119 Å². The van der Waals surface area contributed by atoms with Crippen molar-refractivity contribution >= 4 is 11.9 Å². The fraction of sp³-hybridized carbons (Fsp3) is 0.467. The lowest BCUT2D eigenvalue weighted by atomic mass is 9.92. The average molecular weight is 278 g/mol. The summed E-state index contributed by atoms with van der Waals surface area (Å²) in [5.41, 5.74) is 6.17. The quantitative estimate of drug-likeness (QED) is 0.738. The molecule has 0 aliphatic heterocycles. The number of benzene rings is 1. The van der Waals surface area contributed by atoms with Crippen LogP contribution in [-0.2, 0) is 9.59 Å². The molecule has 0 saturated carbocycles. The van der Waals surface area contributed by atoms with Crippen LogP contribution in [-0.4, -0.2) is 22.5 Å². The molecule has 1 aromatic rings. The van der Waals surface area contributed by atoms with Crippen molar-refractivity contribution in [2.75, 3.05) is 0 Å². The van der Waals surface area contributed by atoms with E-state index in [1.165, 1.54) is 0 Å². The van der Waals surface area contributed by atoms with Gasteiger partial charge in [-0.3, -0.25) is 9.59 Å². The zero-order valence-corrected chi connectivity index (χ0v) is 12.1. The molecule has 1 aromatic carbocycles.